The van der Waals surface area contributed by atoms with Crippen molar-refractivity contribution >= 4 is 5.69 Å². The number of para-hydroxylation sites is 1. The zero-order chi connectivity index (χ0) is 15.4. The lowest BCUT2D eigenvalue weighted by atomic mass is 10.0. The first-order chi connectivity index (χ1) is 10.1. The number of rotatable bonds is 5. The van der Waals surface area contributed by atoms with Gasteiger partial charge in [-0.1, -0.05) is 12.1 Å². The number of nitrogen functional groups attached to an aromatic ring is 1. The number of ether oxygens (including phenoxy) is 3. The van der Waals surface area contributed by atoms with Gasteiger partial charge in [-0.3, -0.25) is 0 Å². The fourth-order valence-corrected chi connectivity index (χ4v) is 1.93. The Morgan fingerprint density at radius 1 is 1.14 bits per heavy atom. The number of aliphatic hydroxyl groups excluding tert-OH is 1. The van der Waals surface area contributed by atoms with Gasteiger partial charge >= 0.3 is 0 Å². The molecule has 1 unspecified atom stereocenters. The Morgan fingerprint density at radius 3 is 2.52 bits per heavy atom. The van der Waals surface area contributed by atoms with E-state index >= 15 is 0 Å². The Morgan fingerprint density at radius 2 is 1.90 bits per heavy atom. The maximum Gasteiger partial charge on any atom is 0.241 e. The van der Waals surface area contributed by atoms with Gasteiger partial charge in [0.15, 0.2) is 0 Å². The van der Waals surface area contributed by atoms with Gasteiger partial charge in [0.25, 0.3) is 0 Å². The highest BCUT2D eigenvalue weighted by atomic mass is 16.5. The van der Waals surface area contributed by atoms with Crippen molar-refractivity contribution < 1.29 is 19.3 Å². The molecule has 2 rings (SSSR count). The Bertz CT molecular complexity index is 634. The summed E-state index contributed by atoms with van der Waals surface area (Å²) in [6, 6.07) is 5.13. The molecule has 2 aromatic rings. The van der Waals surface area contributed by atoms with Crippen LogP contribution < -0.4 is 19.9 Å². The molecule has 0 aliphatic carbocycles. The molecule has 0 saturated heterocycles. The van der Waals surface area contributed by atoms with E-state index in [0.717, 1.165) is 0 Å². The van der Waals surface area contributed by atoms with Crippen LogP contribution in [0.15, 0.2) is 24.4 Å². The zero-order valence-electron chi connectivity index (χ0n) is 12.0. The van der Waals surface area contributed by atoms with Gasteiger partial charge < -0.3 is 25.1 Å². The summed E-state index contributed by atoms with van der Waals surface area (Å²) in [4.78, 5) is 8.22. The van der Waals surface area contributed by atoms with Gasteiger partial charge in [-0.2, -0.15) is 4.98 Å². The predicted molar refractivity (Wildman–Crippen MR) is 76.6 cm³/mol. The van der Waals surface area contributed by atoms with Crippen molar-refractivity contribution in [3.05, 3.63) is 35.7 Å². The molecule has 7 heteroatoms. The first-order valence-corrected chi connectivity index (χ1v) is 6.17. The first kappa shape index (κ1) is 14.9. The van der Waals surface area contributed by atoms with Gasteiger partial charge in [-0.15, -0.1) is 0 Å². The predicted octanol–water partition coefficient (Wildman–Crippen LogP) is 1.17. The van der Waals surface area contributed by atoms with Crippen molar-refractivity contribution in [1.82, 2.24) is 9.97 Å². The van der Waals surface area contributed by atoms with Crippen molar-refractivity contribution in [1.29, 1.82) is 0 Å². The van der Waals surface area contributed by atoms with Crippen LogP contribution in [0.4, 0.5) is 5.69 Å². The van der Waals surface area contributed by atoms with Crippen molar-refractivity contribution in [2.45, 2.75) is 6.10 Å². The van der Waals surface area contributed by atoms with E-state index in [9.17, 15) is 5.11 Å². The molecule has 0 aliphatic rings. The summed E-state index contributed by atoms with van der Waals surface area (Å²) in [5, 5.41) is 10.5. The van der Waals surface area contributed by atoms with E-state index in [0.29, 0.717) is 22.9 Å². The van der Waals surface area contributed by atoms with Crippen LogP contribution >= 0.6 is 0 Å². The number of nitrogens with zero attached hydrogens (tertiary/aromatic N) is 2. The summed E-state index contributed by atoms with van der Waals surface area (Å²) in [5.41, 5.74) is 7.03. The number of anilines is 1. The molecule has 0 radical (unpaired) electrons. The highest BCUT2D eigenvalue weighted by Gasteiger charge is 2.22. The molecule has 3 N–H and O–H groups in total. The standard InChI is InChI=1S/C14H17N3O4/c1-19-9-6-4-5-8(11(9)15)13(18)12-14(21-3)17-10(20-2)7-16-12/h4-7,13,18H,15H2,1-3H3. The third-order valence-electron chi connectivity index (χ3n) is 3.02. The molecule has 1 aromatic carbocycles. The van der Waals surface area contributed by atoms with E-state index in [-0.39, 0.29) is 11.6 Å². The van der Waals surface area contributed by atoms with Gasteiger partial charge in [0.1, 0.15) is 17.5 Å². The van der Waals surface area contributed by atoms with Crippen molar-refractivity contribution in [2.24, 2.45) is 0 Å². The number of hydrogen-bond donors (Lipinski definition) is 2. The second kappa shape index (κ2) is 6.27. The average molecular weight is 291 g/mol. The van der Waals surface area contributed by atoms with Crippen molar-refractivity contribution in [3.8, 4) is 17.5 Å². The van der Waals surface area contributed by atoms with Gasteiger partial charge in [-0.05, 0) is 6.07 Å². The largest absolute Gasteiger partial charge is 0.495 e. The fourth-order valence-electron chi connectivity index (χ4n) is 1.93. The van der Waals surface area contributed by atoms with E-state index < -0.39 is 6.10 Å². The van der Waals surface area contributed by atoms with Crippen LogP contribution in [0.2, 0.25) is 0 Å². The third-order valence-corrected chi connectivity index (χ3v) is 3.02. The van der Waals surface area contributed by atoms with Gasteiger partial charge in [-0.25, -0.2) is 4.98 Å². The second-order valence-electron chi connectivity index (χ2n) is 4.17. The average Bonchev–Trinajstić information content (AvgIpc) is 2.53. The van der Waals surface area contributed by atoms with Crippen LogP contribution in [0.5, 0.6) is 17.5 Å². The van der Waals surface area contributed by atoms with E-state index in [4.69, 9.17) is 19.9 Å². The van der Waals surface area contributed by atoms with E-state index in [1.807, 2.05) is 0 Å². The number of nitrogens with two attached hydrogens (primary N) is 1. The monoisotopic (exact) mass is 291 g/mol. The summed E-state index contributed by atoms with van der Waals surface area (Å²) < 4.78 is 15.3. The minimum absolute atomic E-state index is 0.170. The molecule has 0 bridgehead atoms. The van der Waals surface area contributed by atoms with E-state index in [1.165, 1.54) is 27.5 Å². The quantitative estimate of drug-likeness (QED) is 0.797. The molecule has 0 saturated carbocycles. The molecule has 0 fully saturated rings. The zero-order valence-corrected chi connectivity index (χ0v) is 12.0. The van der Waals surface area contributed by atoms with Crippen LogP contribution in [-0.2, 0) is 0 Å². The van der Waals surface area contributed by atoms with Gasteiger partial charge in [0, 0.05) is 5.56 Å². The number of methoxy groups -OCH3 is 3. The molecule has 21 heavy (non-hydrogen) atoms. The summed E-state index contributed by atoms with van der Waals surface area (Å²) in [6.07, 6.45) is 0.311. The first-order valence-electron chi connectivity index (χ1n) is 6.17. The van der Waals surface area contributed by atoms with Gasteiger partial charge in [0.05, 0.1) is 33.2 Å². The SMILES string of the molecule is COc1cnc(C(O)c2cccc(OC)c2N)c(OC)n1. The maximum atomic E-state index is 10.5. The Kier molecular flexibility index (Phi) is 4.44. The number of hydrogen-bond acceptors (Lipinski definition) is 7. The molecule has 0 aliphatic heterocycles. The lowest BCUT2D eigenvalue weighted by Gasteiger charge is -2.17. The Labute approximate surface area is 122 Å². The number of benzene rings is 1. The summed E-state index contributed by atoms with van der Waals surface area (Å²) in [5.74, 6) is 0.942. The number of aromatic nitrogens is 2. The molecule has 1 aromatic heterocycles. The molecular weight excluding hydrogens is 274 g/mol. The summed E-state index contributed by atoms with van der Waals surface area (Å²) in [6.45, 7) is 0. The minimum Gasteiger partial charge on any atom is -0.495 e. The van der Waals surface area contributed by atoms with E-state index in [2.05, 4.69) is 9.97 Å². The van der Waals surface area contributed by atoms with Crippen molar-refractivity contribution in [2.75, 3.05) is 27.1 Å². The molecule has 1 heterocycles. The van der Waals surface area contributed by atoms with Crippen LogP contribution in [0.3, 0.4) is 0 Å². The lowest BCUT2D eigenvalue weighted by Crippen LogP contribution is -2.10. The highest BCUT2D eigenvalue weighted by molar-refractivity contribution is 5.60. The molecule has 112 valence electrons. The molecule has 7 nitrogen and oxygen atoms in total. The Balaban J connectivity index is 2.47. The van der Waals surface area contributed by atoms with Crippen LogP contribution in [0, 0.1) is 0 Å². The molecule has 1 atom stereocenters. The molecular formula is C14H17N3O4. The van der Waals surface area contributed by atoms with Crippen molar-refractivity contribution in [3.63, 3.8) is 0 Å². The second-order valence-corrected chi connectivity index (χ2v) is 4.17. The van der Waals surface area contributed by atoms with Crippen LogP contribution in [0.1, 0.15) is 17.4 Å². The fraction of sp³-hybridized carbons (Fsp3) is 0.286. The van der Waals surface area contributed by atoms with Gasteiger partial charge in [0.2, 0.25) is 11.8 Å². The molecule has 0 spiro atoms. The molecule has 0 amide bonds. The minimum atomic E-state index is -1.09. The Hall–Kier alpha value is -2.54. The van der Waals surface area contributed by atoms with Crippen LogP contribution in [0.25, 0.3) is 0 Å². The van der Waals surface area contributed by atoms with E-state index in [1.54, 1.807) is 18.2 Å². The highest BCUT2D eigenvalue weighted by Crippen LogP contribution is 2.35. The summed E-state index contributed by atoms with van der Waals surface area (Å²) in [7, 11) is 4.42. The smallest absolute Gasteiger partial charge is 0.241 e. The lowest BCUT2D eigenvalue weighted by molar-refractivity contribution is 0.207. The maximum absolute atomic E-state index is 10.5. The number of aliphatic hydroxyl groups is 1. The third kappa shape index (κ3) is 2.82. The normalized spacial score (nSPS) is 11.8. The summed E-state index contributed by atoms with van der Waals surface area (Å²) >= 11 is 0. The topological polar surface area (TPSA) is 99.7 Å². The van der Waals surface area contributed by atoms with Crippen LogP contribution in [-0.4, -0.2) is 36.4 Å².